The highest BCUT2D eigenvalue weighted by atomic mass is 32.2. The first-order valence-corrected chi connectivity index (χ1v) is 9.35. The number of carbonyl (C=O) groups is 1. The van der Waals surface area contributed by atoms with Gasteiger partial charge in [0.1, 0.15) is 5.54 Å². The normalized spacial score (nSPS) is 26.7. The van der Waals surface area contributed by atoms with E-state index in [9.17, 15) is 13.2 Å². The van der Waals surface area contributed by atoms with E-state index in [4.69, 9.17) is 0 Å². The average molecular weight is 322 g/mol. The van der Waals surface area contributed by atoms with Crippen molar-refractivity contribution in [3.8, 4) is 0 Å². The van der Waals surface area contributed by atoms with Crippen LogP contribution in [0.4, 0.5) is 5.69 Å². The fourth-order valence-corrected chi connectivity index (χ4v) is 5.64. The zero-order valence-electron chi connectivity index (χ0n) is 13.0. The van der Waals surface area contributed by atoms with Crippen LogP contribution in [0.5, 0.6) is 0 Å². The SMILES string of the molecule is CC(C)(Nc1ccccc1)C(=O)N1C[C@@H]2CCS(=O)(=O)[C@@H]2C1. The number of anilines is 1. The van der Waals surface area contributed by atoms with Crippen molar-refractivity contribution < 1.29 is 13.2 Å². The molecule has 6 heteroatoms. The van der Waals surface area contributed by atoms with Crippen LogP contribution in [0.1, 0.15) is 20.3 Å². The average Bonchev–Trinajstić information content (AvgIpc) is 3.00. The molecule has 1 N–H and O–H groups in total. The van der Waals surface area contributed by atoms with Gasteiger partial charge in [0, 0.05) is 18.8 Å². The number of carbonyl (C=O) groups excluding carboxylic acids is 1. The van der Waals surface area contributed by atoms with E-state index in [1.165, 1.54) is 0 Å². The van der Waals surface area contributed by atoms with Crippen LogP contribution < -0.4 is 5.32 Å². The van der Waals surface area contributed by atoms with Gasteiger partial charge in [-0.2, -0.15) is 0 Å². The second-order valence-corrected chi connectivity index (χ2v) is 9.12. The Kier molecular flexibility index (Phi) is 3.67. The summed E-state index contributed by atoms with van der Waals surface area (Å²) in [6, 6.07) is 9.58. The standard InChI is InChI=1S/C16H22N2O3S/c1-16(2,17-13-6-4-3-5-7-13)15(19)18-10-12-8-9-22(20,21)14(12)11-18/h3-7,12,14,17H,8-11H2,1-2H3/t12-,14+/m0/s1. The van der Waals surface area contributed by atoms with Crippen LogP contribution in [-0.2, 0) is 14.6 Å². The molecule has 3 rings (SSSR count). The lowest BCUT2D eigenvalue weighted by molar-refractivity contribution is -0.134. The Morgan fingerprint density at radius 3 is 2.55 bits per heavy atom. The molecule has 0 aromatic heterocycles. The molecule has 1 aromatic rings. The van der Waals surface area contributed by atoms with Gasteiger partial charge in [0.05, 0.1) is 11.0 Å². The third-order valence-electron chi connectivity index (χ3n) is 4.67. The molecule has 2 saturated heterocycles. The predicted molar refractivity (Wildman–Crippen MR) is 86.4 cm³/mol. The number of nitrogens with one attached hydrogen (secondary N) is 1. The Labute approximate surface area is 131 Å². The van der Waals surface area contributed by atoms with Gasteiger partial charge in [-0.15, -0.1) is 0 Å². The van der Waals surface area contributed by atoms with E-state index < -0.39 is 15.4 Å². The summed E-state index contributed by atoms with van der Waals surface area (Å²) in [7, 11) is -3.01. The number of rotatable bonds is 3. The van der Waals surface area contributed by atoms with Crippen molar-refractivity contribution in [3.63, 3.8) is 0 Å². The Balaban J connectivity index is 1.72. The molecule has 0 radical (unpaired) electrons. The number of para-hydroxylation sites is 1. The first-order chi connectivity index (χ1) is 10.3. The maximum atomic E-state index is 12.8. The van der Waals surface area contributed by atoms with Crippen molar-refractivity contribution in [2.75, 3.05) is 24.2 Å². The van der Waals surface area contributed by atoms with E-state index in [1.807, 2.05) is 44.2 Å². The van der Waals surface area contributed by atoms with E-state index in [0.29, 0.717) is 19.5 Å². The summed E-state index contributed by atoms with van der Waals surface area (Å²) in [6.45, 7) is 4.57. The molecule has 1 amide bonds. The summed E-state index contributed by atoms with van der Waals surface area (Å²) >= 11 is 0. The molecular formula is C16H22N2O3S. The third kappa shape index (κ3) is 2.72. The van der Waals surface area contributed by atoms with Crippen molar-refractivity contribution >= 4 is 21.4 Å². The highest BCUT2D eigenvalue weighted by Gasteiger charge is 2.49. The monoisotopic (exact) mass is 322 g/mol. The molecule has 2 fully saturated rings. The molecule has 0 bridgehead atoms. The molecule has 2 atom stereocenters. The lowest BCUT2D eigenvalue weighted by atomic mass is 10.0. The summed E-state index contributed by atoms with van der Waals surface area (Å²) in [4.78, 5) is 14.5. The van der Waals surface area contributed by atoms with Gasteiger partial charge in [0.25, 0.3) is 0 Å². The van der Waals surface area contributed by atoms with Crippen molar-refractivity contribution in [1.29, 1.82) is 0 Å². The zero-order chi connectivity index (χ0) is 16.0. The smallest absolute Gasteiger partial charge is 0.247 e. The van der Waals surface area contributed by atoms with Crippen molar-refractivity contribution in [2.45, 2.75) is 31.1 Å². The van der Waals surface area contributed by atoms with Crippen LogP contribution in [0, 0.1) is 5.92 Å². The topological polar surface area (TPSA) is 66.5 Å². The Morgan fingerprint density at radius 1 is 1.23 bits per heavy atom. The number of benzene rings is 1. The second kappa shape index (κ2) is 5.26. The summed E-state index contributed by atoms with van der Waals surface area (Å²) in [5, 5.41) is 2.88. The highest BCUT2D eigenvalue weighted by Crippen LogP contribution is 2.34. The second-order valence-electron chi connectivity index (χ2n) is 6.78. The van der Waals surface area contributed by atoms with Crippen molar-refractivity contribution in [2.24, 2.45) is 5.92 Å². The molecule has 1 aromatic carbocycles. The fourth-order valence-electron chi connectivity index (χ4n) is 3.49. The molecule has 2 aliphatic heterocycles. The molecule has 0 aliphatic carbocycles. The first-order valence-electron chi connectivity index (χ1n) is 7.64. The Hall–Kier alpha value is -1.56. The molecule has 2 aliphatic rings. The van der Waals surface area contributed by atoms with Gasteiger partial charge in [-0.25, -0.2) is 8.42 Å². The summed E-state index contributed by atoms with van der Waals surface area (Å²) in [6.07, 6.45) is 0.684. The molecule has 0 spiro atoms. The van der Waals surface area contributed by atoms with E-state index in [-0.39, 0.29) is 22.8 Å². The molecular weight excluding hydrogens is 300 g/mol. The molecule has 0 unspecified atom stereocenters. The number of hydrogen-bond donors (Lipinski definition) is 1. The van der Waals surface area contributed by atoms with Gasteiger partial charge in [0.2, 0.25) is 5.91 Å². The Bertz CT molecular complexity index is 670. The lowest BCUT2D eigenvalue weighted by Crippen LogP contribution is -2.49. The van der Waals surface area contributed by atoms with Crippen molar-refractivity contribution in [1.82, 2.24) is 4.90 Å². The van der Waals surface area contributed by atoms with Gasteiger partial charge < -0.3 is 10.2 Å². The van der Waals surface area contributed by atoms with Crippen LogP contribution in [0.25, 0.3) is 0 Å². The minimum Gasteiger partial charge on any atom is -0.372 e. The molecule has 22 heavy (non-hydrogen) atoms. The quantitative estimate of drug-likeness (QED) is 0.916. The van der Waals surface area contributed by atoms with Crippen molar-refractivity contribution in [3.05, 3.63) is 30.3 Å². The minimum atomic E-state index is -3.01. The van der Waals surface area contributed by atoms with Gasteiger partial charge in [-0.05, 0) is 38.3 Å². The highest BCUT2D eigenvalue weighted by molar-refractivity contribution is 7.92. The van der Waals surface area contributed by atoms with Crippen LogP contribution in [0.3, 0.4) is 0 Å². The number of sulfone groups is 1. The Morgan fingerprint density at radius 2 is 1.91 bits per heavy atom. The number of likely N-dealkylation sites (tertiary alicyclic amines) is 1. The molecule has 2 heterocycles. The van der Waals surface area contributed by atoms with Gasteiger partial charge in [0.15, 0.2) is 9.84 Å². The first kappa shape index (κ1) is 15.3. The third-order valence-corrected chi connectivity index (χ3v) is 6.93. The van der Waals surface area contributed by atoms with Gasteiger partial charge in [-0.1, -0.05) is 18.2 Å². The molecule has 120 valence electrons. The predicted octanol–water partition coefficient (Wildman–Crippen LogP) is 1.52. The number of hydrogen-bond acceptors (Lipinski definition) is 4. The maximum absolute atomic E-state index is 12.8. The van der Waals surface area contributed by atoms with Gasteiger partial charge >= 0.3 is 0 Å². The largest absolute Gasteiger partial charge is 0.372 e. The van der Waals surface area contributed by atoms with Crippen LogP contribution >= 0.6 is 0 Å². The zero-order valence-corrected chi connectivity index (χ0v) is 13.8. The molecule has 5 nitrogen and oxygen atoms in total. The minimum absolute atomic E-state index is 0.0408. The van der Waals surface area contributed by atoms with E-state index in [0.717, 1.165) is 5.69 Å². The maximum Gasteiger partial charge on any atom is 0.247 e. The summed E-state index contributed by atoms with van der Waals surface area (Å²) in [5.74, 6) is 0.346. The van der Waals surface area contributed by atoms with E-state index in [2.05, 4.69) is 5.32 Å². The van der Waals surface area contributed by atoms with E-state index >= 15 is 0 Å². The number of fused-ring (bicyclic) bond motifs is 1. The van der Waals surface area contributed by atoms with Crippen LogP contribution in [0.15, 0.2) is 30.3 Å². The molecule has 0 saturated carbocycles. The van der Waals surface area contributed by atoms with E-state index in [1.54, 1.807) is 4.90 Å². The summed E-state index contributed by atoms with van der Waals surface area (Å²) in [5.41, 5.74) is 0.122. The number of amides is 1. The van der Waals surface area contributed by atoms with Gasteiger partial charge in [-0.3, -0.25) is 4.79 Å². The van der Waals surface area contributed by atoms with Crippen LogP contribution in [0.2, 0.25) is 0 Å². The lowest BCUT2D eigenvalue weighted by Gasteiger charge is -2.31. The number of nitrogens with zero attached hydrogens (tertiary/aromatic N) is 1. The summed E-state index contributed by atoms with van der Waals surface area (Å²) < 4.78 is 24.0. The van der Waals surface area contributed by atoms with Crippen LogP contribution in [-0.4, -0.2) is 48.9 Å². The fraction of sp³-hybridized carbons (Fsp3) is 0.562.